The third kappa shape index (κ3) is 4.27. The first-order valence-electron chi connectivity index (χ1n) is 9.63. The van der Waals surface area contributed by atoms with Crippen LogP contribution in [0.2, 0.25) is 0 Å². The minimum absolute atomic E-state index is 0.145. The van der Waals surface area contributed by atoms with E-state index in [-0.39, 0.29) is 11.8 Å². The van der Waals surface area contributed by atoms with E-state index in [1.165, 1.54) is 6.39 Å². The van der Waals surface area contributed by atoms with Gasteiger partial charge in [0.1, 0.15) is 0 Å². The van der Waals surface area contributed by atoms with E-state index in [4.69, 9.17) is 9.05 Å². The van der Waals surface area contributed by atoms with Crippen molar-refractivity contribution >= 4 is 5.91 Å². The van der Waals surface area contributed by atoms with Crippen molar-refractivity contribution in [2.24, 2.45) is 0 Å². The smallest absolute Gasteiger partial charge is 0.226 e. The molecule has 1 unspecified atom stereocenters. The second kappa shape index (κ2) is 8.33. The molecular weight excluding hydrogens is 358 g/mol. The molecule has 0 saturated carbocycles. The molecule has 8 heteroatoms. The number of carbonyl (C=O) groups excluding carboxylic acids is 1. The van der Waals surface area contributed by atoms with E-state index in [2.05, 4.69) is 20.3 Å². The number of likely N-dealkylation sites (tertiary alicyclic amines) is 1. The first-order chi connectivity index (χ1) is 13.7. The summed E-state index contributed by atoms with van der Waals surface area (Å²) in [6, 6.07) is 7.98. The van der Waals surface area contributed by atoms with E-state index >= 15 is 0 Å². The van der Waals surface area contributed by atoms with Gasteiger partial charge in [-0.2, -0.15) is 9.97 Å². The van der Waals surface area contributed by atoms with Gasteiger partial charge in [0.05, 0.1) is 0 Å². The first kappa shape index (κ1) is 18.3. The fourth-order valence-corrected chi connectivity index (χ4v) is 3.58. The molecule has 3 heterocycles. The Balaban J connectivity index is 1.27. The van der Waals surface area contributed by atoms with Crippen LogP contribution >= 0.6 is 0 Å². The van der Waals surface area contributed by atoms with E-state index in [9.17, 15) is 4.79 Å². The number of carbonyl (C=O) groups is 1. The van der Waals surface area contributed by atoms with Crippen molar-refractivity contribution in [1.82, 2.24) is 25.2 Å². The summed E-state index contributed by atoms with van der Waals surface area (Å²) < 4.78 is 10.2. The summed E-state index contributed by atoms with van der Waals surface area (Å²) in [4.78, 5) is 23.0. The quantitative estimate of drug-likeness (QED) is 0.647. The molecular formula is C20H23N5O3. The lowest BCUT2D eigenvalue weighted by atomic mass is 9.97. The summed E-state index contributed by atoms with van der Waals surface area (Å²) in [5, 5.41) is 7.97. The monoisotopic (exact) mass is 381 g/mol. The molecule has 1 aliphatic heterocycles. The van der Waals surface area contributed by atoms with Crippen molar-refractivity contribution in [3.8, 4) is 11.4 Å². The lowest BCUT2D eigenvalue weighted by Gasteiger charge is -2.31. The normalized spacial score (nSPS) is 17.0. The average Bonchev–Trinajstić information content (AvgIpc) is 3.40. The van der Waals surface area contributed by atoms with Crippen LogP contribution in [-0.2, 0) is 11.2 Å². The van der Waals surface area contributed by atoms with E-state index in [0.717, 1.165) is 30.5 Å². The molecule has 0 N–H and O–H groups in total. The number of rotatable bonds is 6. The predicted molar refractivity (Wildman–Crippen MR) is 100 cm³/mol. The first-order valence-corrected chi connectivity index (χ1v) is 9.63. The highest BCUT2D eigenvalue weighted by Gasteiger charge is 2.27. The highest BCUT2D eigenvalue weighted by Crippen LogP contribution is 2.25. The molecule has 1 saturated heterocycles. The molecule has 4 rings (SSSR count). The van der Waals surface area contributed by atoms with Gasteiger partial charge in [-0.3, -0.25) is 4.79 Å². The molecule has 28 heavy (non-hydrogen) atoms. The molecule has 0 radical (unpaired) electrons. The van der Waals surface area contributed by atoms with Gasteiger partial charge in [0, 0.05) is 37.4 Å². The van der Waals surface area contributed by atoms with Crippen LogP contribution < -0.4 is 0 Å². The van der Waals surface area contributed by atoms with Crippen LogP contribution in [0.25, 0.3) is 11.4 Å². The second-order valence-corrected chi connectivity index (χ2v) is 7.20. The molecule has 1 fully saturated rings. The predicted octanol–water partition coefficient (Wildman–Crippen LogP) is 3.16. The Morgan fingerprint density at radius 3 is 3.07 bits per heavy atom. The highest BCUT2D eigenvalue weighted by molar-refractivity contribution is 5.76. The van der Waals surface area contributed by atoms with Crippen LogP contribution in [0.1, 0.15) is 48.9 Å². The maximum Gasteiger partial charge on any atom is 0.226 e. The van der Waals surface area contributed by atoms with Crippen molar-refractivity contribution in [2.45, 2.75) is 44.9 Å². The zero-order valence-corrected chi connectivity index (χ0v) is 15.9. The fourth-order valence-electron chi connectivity index (χ4n) is 3.58. The minimum atomic E-state index is 0.145. The Morgan fingerprint density at radius 1 is 1.32 bits per heavy atom. The summed E-state index contributed by atoms with van der Waals surface area (Å²) >= 11 is 0. The molecule has 0 spiro atoms. The molecule has 1 atom stereocenters. The van der Waals surface area contributed by atoms with Gasteiger partial charge in [0.25, 0.3) is 0 Å². The van der Waals surface area contributed by atoms with E-state index in [0.29, 0.717) is 43.3 Å². The van der Waals surface area contributed by atoms with Crippen molar-refractivity contribution in [3.63, 3.8) is 0 Å². The average molecular weight is 381 g/mol. The van der Waals surface area contributed by atoms with Crippen LogP contribution in [0.5, 0.6) is 0 Å². The lowest BCUT2D eigenvalue weighted by molar-refractivity contribution is -0.132. The minimum Gasteiger partial charge on any atom is -0.343 e. The summed E-state index contributed by atoms with van der Waals surface area (Å²) in [7, 11) is 0. The SMILES string of the molecule is Cc1cccc(-c2noc(CCCC(=O)N3CCCC(c4ncon4)C3)n2)c1. The van der Waals surface area contributed by atoms with Crippen molar-refractivity contribution in [3.05, 3.63) is 47.9 Å². The fraction of sp³-hybridized carbons (Fsp3) is 0.450. The number of amides is 1. The Hall–Kier alpha value is -3.03. The molecule has 0 aliphatic carbocycles. The topological polar surface area (TPSA) is 98.2 Å². The van der Waals surface area contributed by atoms with E-state index < -0.39 is 0 Å². The maximum atomic E-state index is 12.6. The zero-order chi connectivity index (χ0) is 19.3. The largest absolute Gasteiger partial charge is 0.343 e. The summed E-state index contributed by atoms with van der Waals surface area (Å²) in [5.41, 5.74) is 2.09. The van der Waals surface area contributed by atoms with E-state index in [1.807, 2.05) is 36.1 Å². The van der Waals surface area contributed by atoms with E-state index in [1.54, 1.807) is 0 Å². The Kier molecular flexibility index (Phi) is 5.45. The third-order valence-corrected chi connectivity index (χ3v) is 5.04. The molecule has 2 aromatic heterocycles. The zero-order valence-electron chi connectivity index (χ0n) is 15.9. The molecule has 1 amide bonds. The van der Waals surface area contributed by atoms with Gasteiger partial charge in [-0.05, 0) is 32.3 Å². The Bertz CT molecular complexity index is 922. The molecule has 8 nitrogen and oxygen atoms in total. The summed E-state index contributed by atoms with van der Waals surface area (Å²) in [6.07, 6.45) is 5.00. The molecule has 0 bridgehead atoms. The number of aryl methyl sites for hydroxylation is 2. The summed E-state index contributed by atoms with van der Waals surface area (Å²) in [5.74, 6) is 2.14. The standard InChI is InChI=1S/C20H23N5O3/c1-14-5-2-6-15(11-14)20-22-17(28-24-20)8-3-9-18(26)25-10-4-7-16(12-25)19-21-13-27-23-19/h2,5-6,11,13,16H,3-4,7-10,12H2,1H3. The molecule has 3 aromatic rings. The van der Waals surface area contributed by atoms with Gasteiger partial charge in [-0.15, -0.1) is 0 Å². The molecule has 146 valence electrons. The van der Waals surface area contributed by atoms with Crippen molar-refractivity contribution < 1.29 is 13.8 Å². The molecule has 1 aromatic carbocycles. The second-order valence-electron chi connectivity index (χ2n) is 7.20. The number of hydrogen-bond acceptors (Lipinski definition) is 7. The molecule has 1 aliphatic rings. The van der Waals surface area contributed by atoms with Gasteiger partial charge < -0.3 is 13.9 Å². The van der Waals surface area contributed by atoms with Crippen molar-refractivity contribution in [1.29, 1.82) is 0 Å². The number of aromatic nitrogens is 4. The highest BCUT2D eigenvalue weighted by atomic mass is 16.5. The van der Waals surface area contributed by atoms with Gasteiger partial charge in [0.15, 0.2) is 5.82 Å². The third-order valence-electron chi connectivity index (χ3n) is 5.04. The van der Waals surface area contributed by atoms with Crippen LogP contribution in [0.15, 0.2) is 39.7 Å². The number of piperidine rings is 1. The van der Waals surface area contributed by atoms with Gasteiger partial charge in [-0.25, -0.2) is 0 Å². The summed E-state index contributed by atoms with van der Waals surface area (Å²) in [6.45, 7) is 3.46. The Labute approximate surface area is 162 Å². The number of nitrogens with zero attached hydrogens (tertiary/aromatic N) is 5. The number of hydrogen-bond donors (Lipinski definition) is 0. The van der Waals surface area contributed by atoms with Crippen LogP contribution in [0, 0.1) is 6.92 Å². The maximum absolute atomic E-state index is 12.6. The van der Waals surface area contributed by atoms with Gasteiger partial charge in [-0.1, -0.05) is 34.1 Å². The number of benzene rings is 1. The van der Waals surface area contributed by atoms with Gasteiger partial charge >= 0.3 is 0 Å². The van der Waals surface area contributed by atoms with Crippen LogP contribution in [0.3, 0.4) is 0 Å². The van der Waals surface area contributed by atoms with Crippen LogP contribution in [-0.4, -0.2) is 44.2 Å². The lowest BCUT2D eigenvalue weighted by Crippen LogP contribution is -2.39. The van der Waals surface area contributed by atoms with Gasteiger partial charge in [0.2, 0.25) is 24.0 Å². The van der Waals surface area contributed by atoms with Crippen molar-refractivity contribution in [2.75, 3.05) is 13.1 Å². The Morgan fingerprint density at radius 2 is 2.25 bits per heavy atom. The van der Waals surface area contributed by atoms with Crippen LogP contribution in [0.4, 0.5) is 0 Å².